The molecule has 1 fully saturated rings. The molecular formula is C13H14Cl2N4. The van der Waals surface area contributed by atoms with Gasteiger partial charge in [0.1, 0.15) is 5.82 Å². The van der Waals surface area contributed by atoms with Crippen LogP contribution in [0, 0.1) is 0 Å². The molecule has 1 aromatic heterocycles. The standard InChI is InChI=1S/C13H14Cl2N4/c14-9-5-3-4-8(11(9)15)12-17-13(19-18-12)10-6-1-2-7-16-10/h3-5,10,16H,1-2,6-7H2,(H,17,18,19). The summed E-state index contributed by atoms with van der Waals surface area (Å²) in [6, 6.07) is 5.73. The quantitative estimate of drug-likeness (QED) is 0.890. The van der Waals surface area contributed by atoms with Gasteiger partial charge >= 0.3 is 0 Å². The van der Waals surface area contributed by atoms with Gasteiger partial charge in [0.05, 0.1) is 16.1 Å². The number of aromatic nitrogens is 3. The van der Waals surface area contributed by atoms with Crippen molar-refractivity contribution in [3.63, 3.8) is 0 Å². The summed E-state index contributed by atoms with van der Waals surface area (Å²) in [5.41, 5.74) is 0.757. The Morgan fingerprint density at radius 1 is 1.21 bits per heavy atom. The van der Waals surface area contributed by atoms with Crippen LogP contribution in [-0.2, 0) is 0 Å². The smallest absolute Gasteiger partial charge is 0.182 e. The number of aromatic amines is 1. The van der Waals surface area contributed by atoms with E-state index in [-0.39, 0.29) is 6.04 Å². The maximum atomic E-state index is 6.18. The zero-order chi connectivity index (χ0) is 13.2. The van der Waals surface area contributed by atoms with Crippen LogP contribution in [0.2, 0.25) is 10.0 Å². The molecule has 3 rings (SSSR count). The number of nitrogens with zero attached hydrogens (tertiary/aromatic N) is 2. The van der Waals surface area contributed by atoms with Gasteiger partial charge in [0, 0.05) is 5.56 Å². The largest absolute Gasteiger partial charge is 0.307 e. The van der Waals surface area contributed by atoms with E-state index in [1.165, 1.54) is 12.8 Å². The van der Waals surface area contributed by atoms with Crippen LogP contribution in [0.15, 0.2) is 18.2 Å². The lowest BCUT2D eigenvalue weighted by Gasteiger charge is -2.20. The number of piperidine rings is 1. The first-order valence-corrected chi connectivity index (χ1v) is 7.11. The van der Waals surface area contributed by atoms with Crippen molar-refractivity contribution in [1.29, 1.82) is 0 Å². The summed E-state index contributed by atoms with van der Waals surface area (Å²) < 4.78 is 0. The minimum absolute atomic E-state index is 0.257. The molecule has 1 unspecified atom stereocenters. The Balaban J connectivity index is 1.90. The van der Waals surface area contributed by atoms with Crippen molar-refractivity contribution in [3.05, 3.63) is 34.1 Å². The molecule has 6 heteroatoms. The molecule has 1 aromatic carbocycles. The first-order valence-electron chi connectivity index (χ1n) is 6.36. The fraction of sp³-hybridized carbons (Fsp3) is 0.385. The van der Waals surface area contributed by atoms with Crippen LogP contribution in [0.5, 0.6) is 0 Å². The molecule has 2 aromatic rings. The third-order valence-corrected chi connectivity index (χ3v) is 4.15. The lowest BCUT2D eigenvalue weighted by molar-refractivity contribution is 0.398. The van der Waals surface area contributed by atoms with Crippen LogP contribution < -0.4 is 5.32 Å². The summed E-state index contributed by atoms with van der Waals surface area (Å²) in [7, 11) is 0. The van der Waals surface area contributed by atoms with Gasteiger partial charge in [-0.2, -0.15) is 5.10 Å². The Morgan fingerprint density at radius 3 is 2.89 bits per heavy atom. The lowest BCUT2D eigenvalue weighted by Crippen LogP contribution is -2.27. The second-order valence-electron chi connectivity index (χ2n) is 4.65. The highest BCUT2D eigenvalue weighted by molar-refractivity contribution is 6.43. The zero-order valence-electron chi connectivity index (χ0n) is 10.3. The average Bonchev–Trinajstić information content (AvgIpc) is 2.92. The van der Waals surface area contributed by atoms with Crippen LogP contribution in [0.4, 0.5) is 0 Å². The number of H-pyrrole nitrogens is 1. The minimum Gasteiger partial charge on any atom is -0.307 e. The Hall–Kier alpha value is -1.10. The van der Waals surface area contributed by atoms with E-state index in [0.29, 0.717) is 15.9 Å². The Bertz CT molecular complexity index is 576. The first-order chi connectivity index (χ1) is 9.25. The average molecular weight is 297 g/mol. The molecule has 0 amide bonds. The van der Waals surface area contributed by atoms with E-state index in [4.69, 9.17) is 23.2 Å². The van der Waals surface area contributed by atoms with E-state index >= 15 is 0 Å². The number of hydrogen-bond donors (Lipinski definition) is 2. The highest BCUT2D eigenvalue weighted by Crippen LogP contribution is 2.32. The Kier molecular flexibility index (Phi) is 3.73. The lowest BCUT2D eigenvalue weighted by atomic mass is 10.0. The van der Waals surface area contributed by atoms with Crippen LogP contribution in [-0.4, -0.2) is 21.7 Å². The number of benzene rings is 1. The van der Waals surface area contributed by atoms with Gasteiger partial charge in [0.15, 0.2) is 5.82 Å². The minimum atomic E-state index is 0.257. The summed E-state index contributed by atoms with van der Waals surface area (Å²) in [6.07, 6.45) is 3.52. The fourth-order valence-electron chi connectivity index (χ4n) is 2.31. The van der Waals surface area contributed by atoms with E-state index in [1.807, 2.05) is 12.1 Å². The highest BCUT2D eigenvalue weighted by atomic mass is 35.5. The van der Waals surface area contributed by atoms with Crippen molar-refractivity contribution in [2.45, 2.75) is 25.3 Å². The molecule has 0 aliphatic carbocycles. The van der Waals surface area contributed by atoms with Crippen molar-refractivity contribution < 1.29 is 0 Å². The van der Waals surface area contributed by atoms with Gasteiger partial charge in [-0.05, 0) is 31.5 Å². The Labute approximate surface area is 121 Å². The molecule has 1 atom stereocenters. The summed E-state index contributed by atoms with van der Waals surface area (Å²) in [5, 5.41) is 11.7. The van der Waals surface area contributed by atoms with Crippen molar-refractivity contribution in [3.8, 4) is 11.4 Å². The van der Waals surface area contributed by atoms with Crippen LogP contribution >= 0.6 is 23.2 Å². The van der Waals surface area contributed by atoms with E-state index in [1.54, 1.807) is 6.07 Å². The van der Waals surface area contributed by atoms with Crippen LogP contribution in [0.3, 0.4) is 0 Å². The molecule has 2 N–H and O–H groups in total. The topological polar surface area (TPSA) is 53.6 Å². The van der Waals surface area contributed by atoms with Gasteiger partial charge in [-0.15, -0.1) is 0 Å². The molecule has 0 spiro atoms. The summed E-state index contributed by atoms with van der Waals surface area (Å²) in [6.45, 7) is 1.03. The SMILES string of the molecule is Clc1cccc(-c2n[nH]c(C3CCCCN3)n2)c1Cl. The molecule has 1 saturated heterocycles. The summed E-state index contributed by atoms with van der Waals surface area (Å²) >= 11 is 12.2. The summed E-state index contributed by atoms with van der Waals surface area (Å²) in [4.78, 5) is 4.53. The van der Waals surface area contributed by atoms with Crippen molar-refractivity contribution in [1.82, 2.24) is 20.5 Å². The van der Waals surface area contributed by atoms with E-state index < -0.39 is 0 Å². The second kappa shape index (κ2) is 5.49. The molecule has 19 heavy (non-hydrogen) atoms. The molecule has 2 heterocycles. The molecule has 4 nitrogen and oxygen atoms in total. The van der Waals surface area contributed by atoms with Gasteiger partial charge in [-0.3, -0.25) is 5.10 Å². The molecule has 0 bridgehead atoms. The highest BCUT2D eigenvalue weighted by Gasteiger charge is 2.19. The Morgan fingerprint density at radius 2 is 2.11 bits per heavy atom. The van der Waals surface area contributed by atoms with E-state index in [2.05, 4.69) is 20.5 Å². The number of hydrogen-bond acceptors (Lipinski definition) is 3. The second-order valence-corrected chi connectivity index (χ2v) is 5.43. The predicted octanol–water partition coefficient (Wildman–Crippen LogP) is 3.59. The normalized spacial score (nSPS) is 19.6. The van der Waals surface area contributed by atoms with Gasteiger partial charge < -0.3 is 5.32 Å². The number of rotatable bonds is 2. The van der Waals surface area contributed by atoms with Gasteiger partial charge in [-0.1, -0.05) is 35.7 Å². The molecule has 0 radical (unpaired) electrons. The fourth-order valence-corrected chi connectivity index (χ4v) is 2.70. The molecule has 100 valence electrons. The van der Waals surface area contributed by atoms with Gasteiger partial charge in [0.2, 0.25) is 0 Å². The predicted molar refractivity (Wildman–Crippen MR) is 76.4 cm³/mol. The number of nitrogens with one attached hydrogen (secondary N) is 2. The van der Waals surface area contributed by atoms with Crippen molar-refractivity contribution in [2.75, 3.05) is 6.54 Å². The molecular weight excluding hydrogens is 283 g/mol. The summed E-state index contributed by atoms with van der Waals surface area (Å²) in [5.74, 6) is 1.46. The van der Waals surface area contributed by atoms with Crippen molar-refractivity contribution >= 4 is 23.2 Å². The van der Waals surface area contributed by atoms with E-state index in [0.717, 1.165) is 24.4 Å². The third-order valence-electron chi connectivity index (χ3n) is 3.34. The monoisotopic (exact) mass is 296 g/mol. The van der Waals surface area contributed by atoms with Crippen molar-refractivity contribution in [2.24, 2.45) is 0 Å². The van der Waals surface area contributed by atoms with Gasteiger partial charge in [-0.25, -0.2) is 4.98 Å². The van der Waals surface area contributed by atoms with Crippen LogP contribution in [0.1, 0.15) is 31.1 Å². The van der Waals surface area contributed by atoms with Crippen LogP contribution in [0.25, 0.3) is 11.4 Å². The van der Waals surface area contributed by atoms with Gasteiger partial charge in [0.25, 0.3) is 0 Å². The zero-order valence-corrected chi connectivity index (χ0v) is 11.8. The molecule has 1 aliphatic rings. The molecule has 0 saturated carbocycles. The molecule has 1 aliphatic heterocycles. The number of halogens is 2. The van der Waals surface area contributed by atoms with E-state index in [9.17, 15) is 0 Å². The maximum Gasteiger partial charge on any atom is 0.182 e. The first kappa shape index (κ1) is 12.9. The third kappa shape index (κ3) is 2.61. The maximum absolute atomic E-state index is 6.18.